The van der Waals surface area contributed by atoms with Crippen LogP contribution in [0.3, 0.4) is 0 Å². The Hall–Kier alpha value is -0.610. The third kappa shape index (κ3) is 2.09. The lowest BCUT2D eigenvalue weighted by Gasteiger charge is -2.40. The van der Waals surface area contributed by atoms with Gasteiger partial charge in [0.2, 0.25) is 0 Å². The smallest absolute Gasteiger partial charge is 0.263 e. The zero-order valence-electron chi connectivity index (χ0n) is 12.8. The summed E-state index contributed by atoms with van der Waals surface area (Å²) in [4.78, 5) is 11.9. The summed E-state index contributed by atoms with van der Waals surface area (Å²) in [5.41, 5.74) is 2.72. The molecule has 0 aromatic heterocycles. The first-order valence-corrected chi connectivity index (χ1v) is 7.40. The molecule has 0 aromatic carbocycles. The van der Waals surface area contributed by atoms with E-state index < -0.39 is 6.10 Å². The molecule has 0 radical (unpaired) electrons. The zero-order chi connectivity index (χ0) is 14.4. The summed E-state index contributed by atoms with van der Waals surface area (Å²) in [6.07, 6.45) is 3.29. The van der Waals surface area contributed by atoms with E-state index in [1.807, 2.05) is 13.8 Å². The number of carbonyl (C=O) groups is 1. The number of hydrogen-bond donors (Lipinski definition) is 2. The molecule has 4 unspecified atom stereocenters. The van der Waals surface area contributed by atoms with E-state index >= 15 is 0 Å². The van der Waals surface area contributed by atoms with Crippen LogP contribution in [0, 0.1) is 22.7 Å². The standard InChI is InChI=1S/C15H28N2O2/c1-9(2)12(13(18)17-16)19-11-8-10-6-7-15(11,5)14(10,3)4/h9-12H,6-8,16H2,1-5H3,(H,17,18). The fourth-order valence-corrected chi connectivity index (χ4v) is 4.12. The molecule has 0 saturated heterocycles. The molecule has 0 spiro atoms. The van der Waals surface area contributed by atoms with Crippen LogP contribution in [0.25, 0.3) is 0 Å². The maximum absolute atomic E-state index is 11.9. The van der Waals surface area contributed by atoms with E-state index in [0.29, 0.717) is 5.41 Å². The van der Waals surface area contributed by atoms with E-state index in [1.165, 1.54) is 12.8 Å². The van der Waals surface area contributed by atoms with Crippen LogP contribution in [-0.2, 0) is 9.53 Å². The number of nitrogens with one attached hydrogen (secondary N) is 1. The fourth-order valence-electron chi connectivity index (χ4n) is 4.12. The van der Waals surface area contributed by atoms with Gasteiger partial charge in [-0.2, -0.15) is 0 Å². The first kappa shape index (κ1) is 14.8. The van der Waals surface area contributed by atoms with Gasteiger partial charge in [-0.1, -0.05) is 34.6 Å². The van der Waals surface area contributed by atoms with Crippen LogP contribution in [0.1, 0.15) is 53.9 Å². The summed E-state index contributed by atoms with van der Waals surface area (Å²) in [6.45, 7) is 11.0. The van der Waals surface area contributed by atoms with Gasteiger partial charge in [-0.3, -0.25) is 10.2 Å². The van der Waals surface area contributed by atoms with Gasteiger partial charge in [-0.25, -0.2) is 5.84 Å². The zero-order valence-corrected chi connectivity index (χ0v) is 12.8. The highest BCUT2D eigenvalue weighted by Gasteiger charge is 2.62. The average molecular weight is 268 g/mol. The summed E-state index contributed by atoms with van der Waals surface area (Å²) in [5, 5.41) is 0. The number of hydrogen-bond acceptors (Lipinski definition) is 3. The van der Waals surface area contributed by atoms with Gasteiger partial charge in [0.1, 0.15) is 6.10 Å². The van der Waals surface area contributed by atoms with Crippen LogP contribution in [0.4, 0.5) is 0 Å². The van der Waals surface area contributed by atoms with Gasteiger partial charge in [-0.05, 0) is 41.9 Å². The minimum atomic E-state index is -0.443. The van der Waals surface area contributed by atoms with Gasteiger partial charge in [0.15, 0.2) is 0 Å². The molecule has 2 bridgehead atoms. The molecule has 3 N–H and O–H groups in total. The van der Waals surface area contributed by atoms with Crippen molar-refractivity contribution in [2.75, 3.05) is 0 Å². The number of fused-ring (bicyclic) bond motifs is 2. The SMILES string of the molecule is CC(C)C(OC1CC2CCC1(C)C2(C)C)C(=O)NN. The molecule has 1 amide bonds. The van der Waals surface area contributed by atoms with Crippen molar-refractivity contribution in [3.63, 3.8) is 0 Å². The molecular formula is C15H28N2O2. The molecule has 4 nitrogen and oxygen atoms in total. The second-order valence-corrected chi connectivity index (χ2v) is 7.41. The average Bonchev–Trinajstić information content (AvgIpc) is 2.67. The van der Waals surface area contributed by atoms with Crippen LogP contribution >= 0.6 is 0 Å². The summed E-state index contributed by atoms with van der Waals surface area (Å²) in [6, 6.07) is 0. The Morgan fingerprint density at radius 3 is 2.37 bits per heavy atom. The number of carbonyl (C=O) groups excluding carboxylic acids is 1. The largest absolute Gasteiger partial charge is 0.364 e. The van der Waals surface area contributed by atoms with Crippen LogP contribution in [0.2, 0.25) is 0 Å². The lowest BCUT2D eigenvalue weighted by Crippen LogP contribution is -2.47. The predicted octanol–water partition coefficient (Wildman–Crippen LogP) is 2.23. The van der Waals surface area contributed by atoms with Crippen molar-refractivity contribution in [2.24, 2.45) is 28.5 Å². The lowest BCUT2D eigenvalue weighted by atomic mass is 9.70. The molecule has 19 heavy (non-hydrogen) atoms. The topological polar surface area (TPSA) is 64.3 Å². The van der Waals surface area contributed by atoms with Crippen molar-refractivity contribution >= 4 is 5.91 Å². The molecular weight excluding hydrogens is 240 g/mol. The Morgan fingerprint density at radius 1 is 1.37 bits per heavy atom. The Balaban J connectivity index is 2.14. The van der Waals surface area contributed by atoms with Crippen LogP contribution in [0.15, 0.2) is 0 Å². The summed E-state index contributed by atoms with van der Waals surface area (Å²) in [7, 11) is 0. The maximum Gasteiger partial charge on any atom is 0.263 e. The van der Waals surface area contributed by atoms with Crippen molar-refractivity contribution in [1.29, 1.82) is 0 Å². The number of amides is 1. The van der Waals surface area contributed by atoms with Crippen molar-refractivity contribution < 1.29 is 9.53 Å². The molecule has 0 aromatic rings. The molecule has 2 aliphatic rings. The van der Waals surface area contributed by atoms with Crippen molar-refractivity contribution in [3.8, 4) is 0 Å². The van der Waals surface area contributed by atoms with Crippen LogP contribution < -0.4 is 11.3 Å². The molecule has 2 aliphatic carbocycles. The van der Waals surface area contributed by atoms with Gasteiger partial charge >= 0.3 is 0 Å². The number of ether oxygens (including phenoxy) is 1. The Labute approximate surface area is 116 Å². The second-order valence-electron chi connectivity index (χ2n) is 7.41. The molecule has 0 aliphatic heterocycles. The molecule has 4 heteroatoms. The van der Waals surface area contributed by atoms with Gasteiger partial charge in [0.05, 0.1) is 6.10 Å². The molecule has 2 rings (SSSR count). The quantitative estimate of drug-likeness (QED) is 0.467. The maximum atomic E-state index is 11.9. The van der Waals surface area contributed by atoms with Crippen LogP contribution in [-0.4, -0.2) is 18.1 Å². The van der Waals surface area contributed by atoms with Gasteiger partial charge in [-0.15, -0.1) is 0 Å². The number of hydrazine groups is 1. The van der Waals surface area contributed by atoms with Gasteiger partial charge in [0, 0.05) is 0 Å². The highest BCUT2D eigenvalue weighted by molar-refractivity contribution is 5.80. The summed E-state index contributed by atoms with van der Waals surface area (Å²) < 4.78 is 6.21. The third-order valence-electron chi connectivity index (χ3n) is 6.03. The molecule has 2 saturated carbocycles. The van der Waals surface area contributed by atoms with Crippen LogP contribution in [0.5, 0.6) is 0 Å². The van der Waals surface area contributed by atoms with E-state index in [9.17, 15) is 4.79 Å². The highest BCUT2D eigenvalue weighted by Crippen LogP contribution is 2.66. The van der Waals surface area contributed by atoms with Gasteiger partial charge < -0.3 is 4.74 Å². The predicted molar refractivity (Wildman–Crippen MR) is 75.1 cm³/mol. The summed E-state index contributed by atoms with van der Waals surface area (Å²) >= 11 is 0. The molecule has 2 fully saturated rings. The van der Waals surface area contributed by atoms with E-state index in [2.05, 4.69) is 26.2 Å². The van der Waals surface area contributed by atoms with Gasteiger partial charge in [0.25, 0.3) is 5.91 Å². The van der Waals surface area contributed by atoms with Crippen molar-refractivity contribution in [2.45, 2.75) is 66.1 Å². The highest BCUT2D eigenvalue weighted by atomic mass is 16.5. The first-order chi connectivity index (χ1) is 8.74. The normalized spacial score (nSPS) is 37.6. The number of nitrogens with two attached hydrogens (primary N) is 1. The first-order valence-electron chi connectivity index (χ1n) is 7.40. The fraction of sp³-hybridized carbons (Fsp3) is 0.933. The Kier molecular flexibility index (Phi) is 3.69. The number of rotatable bonds is 4. The van der Waals surface area contributed by atoms with E-state index in [-0.39, 0.29) is 23.3 Å². The van der Waals surface area contributed by atoms with E-state index in [4.69, 9.17) is 10.6 Å². The van der Waals surface area contributed by atoms with Crippen molar-refractivity contribution in [3.05, 3.63) is 0 Å². The van der Waals surface area contributed by atoms with Crippen molar-refractivity contribution in [1.82, 2.24) is 5.43 Å². The summed E-state index contributed by atoms with van der Waals surface area (Å²) in [5.74, 6) is 5.91. The Bertz CT molecular complexity index is 367. The lowest BCUT2D eigenvalue weighted by molar-refractivity contribution is -0.150. The third-order valence-corrected chi connectivity index (χ3v) is 6.03. The van der Waals surface area contributed by atoms with E-state index in [0.717, 1.165) is 12.3 Å². The second kappa shape index (κ2) is 4.74. The van der Waals surface area contributed by atoms with E-state index in [1.54, 1.807) is 0 Å². The minimum Gasteiger partial charge on any atom is -0.364 e. The molecule has 0 heterocycles. The Morgan fingerprint density at radius 2 is 2.00 bits per heavy atom. The molecule has 110 valence electrons. The molecule has 4 atom stereocenters. The monoisotopic (exact) mass is 268 g/mol. The minimum absolute atomic E-state index is 0.134.